The molecule has 3 atom stereocenters. The molecule has 0 saturated carbocycles. The molecule has 126 valence electrons. The van der Waals surface area contributed by atoms with Crippen molar-refractivity contribution in [2.24, 2.45) is 0 Å². The van der Waals surface area contributed by atoms with Gasteiger partial charge in [0.05, 0.1) is 31.4 Å². The van der Waals surface area contributed by atoms with Gasteiger partial charge in [0.25, 0.3) is 0 Å². The Kier molecular flexibility index (Phi) is 5.95. The SMILES string of the molecule is COC(=O)c1ccc(O[C@H]2O[C@H](CO)CC[C@H]2NC(C)=O)cc1. The molecule has 7 nitrogen and oxygen atoms in total. The summed E-state index contributed by atoms with van der Waals surface area (Å²) in [5, 5.41) is 12.0. The highest BCUT2D eigenvalue weighted by Crippen LogP contribution is 2.23. The number of carbonyl (C=O) groups excluding carboxylic acids is 2. The van der Waals surface area contributed by atoms with E-state index in [1.807, 2.05) is 0 Å². The van der Waals surface area contributed by atoms with E-state index in [2.05, 4.69) is 10.1 Å². The molecule has 1 aromatic rings. The Bertz CT molecular complexity index is 544. The van der Waals surface area contributed by atoms with Crippen molar-refractivity contribution in [1.82, 2.24) is 5.32 Å². The van der Waals surface area contributed by atoms with E-state index in [4.69, 9.17) is 9.47 Å². The number of ether oxygens (including phenoxy) is 3. The second kappa shape index (κ2) is 7.94. The first-order valence-corrected chi connectivity index (χ1v) is 7.42. The van der Waals surface area contributed by atoms with Crippen LogP contribution in [0.3, 0.4) is 0 Å². The standard InChI is InChI=1S/C16H21NO6/c1-10(19)17-14-8-7-13(9-18)23-16(14)22-12-5-3-11(4-6-12)15(20)21-2/h3-6,13-14,16,18H,7-9H2,1-2H3,(H,17,19)/t13-,14+,16-/m0/s1. The molecule has 0 unspecified atom stereocenters. The molecule has 0 spiro atoms. The summed E-state index contributed by atoms with van der Waals surface area (Å²) in [6, 6.07) is 6.13. The van der Waals surface area contributed by atoms with Crippen LogP contribution in [0.25, 0.3) is 0 Å². The van der Waals surface area contributed by atoms with E-state index in [0.717, 1.165) is 0 Å². The van der Waals surface area contributed by atoms with Gasteiger partial charge < -0.3 is 24.6 Å². The highest BCUT2D eigenvalue weighted by molar-refractivity contribution is 5.89. The van der Waals surface area contributed by atoms with Crippen LogP contribution >= 0.6 is 0 Å². The van der Waals surface area contributed by atoms with Gasteiger partial charge in [-0.15, -0.1) is 0 Å². The maximum atomic E-state index is 11.4. The Morgan fingerprint density at radius 2 is 2.00 bits per heavy atom. The molecule has 1 aliphatic rings. The van der Waals surface area contributed by atoms with Crippen LogP contribution in [-0.4, -0.2) is 49.1 Å². The highest BCUT2D eigenvalue weighted by atomic mass is 16.7. The number of nitrogens with one attached hydrogen (secondary N) is 1. The van der Waals surface area contributed by atoms with Gasteiger partial charge in [0, 0.05) is 6.92 Å². The third kappa shape index (κ3) is 4.67. The second-order valence-electron chi connectivity index (χ2n) is 5.33. The molecule has 1 aromatic carbocycles. The predicted octanol–water partition coefficient (Wildman–Crippen LogP) is 0.854. The summed E-state index contributed by atoms with van der Waals surface area (Å²) in [4.78, 5) is 22.7. The molecule has 2 rings (SSSR count). The first kappa shape index (κ1) is 17.2. The molecule has 23 heavy (non-hydrogen) atoms. The van der Waals surface area contributed by atoms with E-state index in [9.17, 15) is 14.7 Å². The van der Waals surface area contributed by atoms with Gasteiger partial charge in [0.2, 0.25) is 12.2 Å². The Morgan fingerprint density at radius 1 is 1.30 bits per heavy atom. The number of hydrogen-bond acceptors (Lipinski definition) is 6. The van der Waals surface area contributed by atoms with E-state index in [0.29, 0.717) is 24.2 Å². The minimum Gasteiger partial charge on any atom is -0.465 e. The van der Waals surface area contributed by atoms with E-state index in [1.54, 1.807) is 24.3 Å². The monoisotopic (exact) mass is 323 g/mol. The van der Waals surface area contributed by atoms with Crippen LogP contribution in [0.4, 0.5) is 0 Å². The number of rotatable bonds is 5. The van der Waals surface area contributed by atoms with Crippen LogP contribution in [0.5, 0.6) is 5.75 Å². The minimum absolute atomic E-state index is 0.103. The maximum absolute atomic E-state index is 11.4. The van der Waals surface area contributed by atoms with Gasteiger partial charge in [-0.1, -0.05) is 0 Å². The van der Waals surface area contributed by atoms with Gasteiger partial charge in [0.15, 0.2) is 0 Å². The lowest BCUT2D eigenvalue weighted by atomic mass is 10.0. The fraction of sp³-hybridized carbons (Fsp3) is 0.500. The fourth-order valence-corrected chi connectivity index (χ4v) is 2.42. The summed E-state index contributed by atoms with van der Waals surface area (Å²) in [5.41, 5.74) is 0.413. The van der Waals surface area contributed by atoms with E-state index < -0.39 is 12.3 Å². The summed E-state index contributed by atoms with van der Waals surface area (Å²) < 4.78 is 16.1. The average molecular weight is 323 g/mol. The quantitative estimate of drug-likeness (QED) is 0.780. The fourth-order valence-electron chi connectivity index (χ4n) is 2.42. The highest BCUT2D eigenvalue weighted by Gasteiger charge is 2.33. The minimum atomic E-state index is -0.700. The lowest BCUT2D eigenvalue weighted by molar-refractivity contribution is -0.175. The third-order valence-electron chi connectivity index (χ3n) is 3.57. The van der Waals surface area contributed by atoms with Gasteiger partial charge in [-0.3, -0.25) is 4.79 Å². The molecule has 0 aliphatic carbocycles. The van der Waals surface area contributed by atoms with Crippen molar-refractivity contribution in [3.8, 4) is 5.75 Å². The Morgan fingerprint density at radius 3 is 2.57 bits per heavy atom. The van der Waals surface area contributed by atoms with Gasteiger partial charge in [-0.25, -0.2) is 4.79 Å². The van der Waals surface area contributed by atoms with Gasteiger partial charge in [-0.05, 0) is 37.1 Å². The third-order valence-corrected chi connectivity index (χ3v) is 3.57. The van der Waals surface area contributed by atoms with Crippen molar-refractivity contribution in [2.45, 2.75) is 38.2 Å². The number of carbonyl (C=O) groups is 2. The van der Waals surface area contributed by atoms with E-state index in [-0.39, 0.29) is 24.7 Å². The summed E-state index contributed by atoms with van der Waals surface area (Å²) in [6.45, 7) is 1.33. The molecule has 1 saturated heterocycles. The van der Waals surface area contributed by atoms with Gasteiger partial charge >= 0.3 is 5.97 Å². The normalized spacial score (nSPS) is 23.9. The molecular formula is C16H21NO6. The maximum Gasteiger partial charge on any atom is 0.337 e. The zero-order valence-electron chi connectivity index (χ0n) is 13.2. The molecule has 1 fully saturated rings. The average Bonchev–Trinajstić information content (AvgIpc) is 2.56. The lowest BCUT2D eigenvalue weighted by Crippen LogP contribution is -2.52. The largest absolute Gasteiger partial charge is 0.465 e. The molecule has 0 aromatic heterocycles. The van der Waals surface area contributed by atoms with Crippen molar-refractivity contribution >= 4 is 11.9 Å². The molecule has 1 heterocycles. The number of aliphatic hydroxyl groups is 1. The Hall–Kier alpha value is -2.12. The Labute approximate surface area is 134 Å². The number of aliphatic hydroxyl groups excluding tert-OH is 1. The molecule has 2 N–H and O–H groups in total. The molecule has 1 amide bonds. The summed E-state index contributed by atoms with van der Waals surface area (Å²) in [6.07, 6.45) is 0.270. The molecule has 0 radical (unpaired) electrons. The van der Waals surface area contributed by atoms with E-state index in [1.165, 1.54) is 14.0 Å². The van der Waals surface area contributed by atoms with Crippen molar-refractivity contribution in [3.63, 3.8) is 0 Å². The van der Waals surface area contributed by atoms with Crippen LogP contribution in [0.2, 0.25) is 0 Å². The van der Waals surface area contributed by atoms with Crippen molar-refractivity contribution in [3.05, 3.63) is 29.8 Å². The number of benzene rings is 1. The van der Waals surface area contributed by atoms with Gasteiger partial charge in [0.1, 0.15) is 5.75 Å². The number of hydrogen-bond donors (Lipinski definition) is 2. The number of esters is 1. The molecule has 1 aliphatic heterocycles. The summed E-state index contributed by atoms with van der Waals surface area (Å²) >= 11 is 0. The van der Waals surface area contributed by atoms with Crippen molar-refractivity contribution in [2.75, 3.05) is 13.7 Å². The van der Waals surface area contributed by atoms with Crippen LogP contribution in [0, 0.1) is 0 Å². The second-order valence-corrected chi connectivity index (χ2v) is 5.33. The molecule has 7 heteroatoms. The first-order valence-electron chi connectivity index (χ1n) is 7.42. The number of methoxy groups -OCH3 is 1. The topological polar surface area (TPSA) is 94.1 Å². The first-order chi connectivity index (χ1) is 11.0. The van der Waals surface area contributed by atoms with E-state index >= 15 is 0 Å². The zero-order valence-corrected chi connectivity index (χ0v) is 13.2. The molecule has 0 bridgehead atoms. The lowest BCUT2D eigenvalue weighted by Gasteiger charge is -2.35. The summed E-state index contributed by atoms with van der Waals surface area (Å²) in [5.74, 6) is -0.103. The van der Waals surface area contributed by atoms with Crippen molar-refractivity contribution in [1.29, 1.82) is 0 Å². The summed E-state index contributed by atoms with van der Waals surface area (Å²) in [7, 11) is 1.32. The molecular weight excluding hydrogens is 302 g/mol. The Balaban J connectivity index is 2.06. The number of amides is 1. The van der Waals surface area contributed by atoms with Crippen LogP contribution in [0.1, 0.15) is 30.1 Å². The predicted molar refractivity (Wildman–Crippen MR) is 81.0 cm³/mol. The van der Waals surface area contributed by atoms with Gasteiger partial charge in [-0.2, -0.15) is 0 Å². The van der Waals surface area contributed by atoms with Crippen LogP contribution in [-0.2, 0) is 14.3 Å². The van der Waals surface area contributed by atoms with Crippen LogP contribution < -0.4 is 10.1 Å². The zero-order chi connectivity index (χ0) is 16.8. The smallest absolute Gasteiger partial charge is 0.337 e. The van der Waals surface area contributed by atoms with Crippen molar-refractivity contribution < 1.29 is 28.9 Å². The van der Waals surface area contributed by atoms with Crippen LogP contribution in [0.15, 0.2) is 24.3 Å².